The zero-order valence-electron chi connectivity index (χ0n) is 5.74. The fourth-order valence-corrected chi connectivity index (χ4v) is 0.645. The molecule has 0 aliphatic rings. The molecule has 5 heteroatoms. The molecular weight excluding hydrogens is 144 g/mol. The van der Waals surface area contributed by atoms with E-state index in [0.29, 0.717) is 5.69 Å². The molecule has 0 spiro atoms. The number of carbonyl (C=O) groups is 1. The monoisotopic (exact) mass is 152 g/mol. The average Bonchev–Trinajstić information content (AvgIpc) is 2.52. The predicted molar refractivity (Wildman–Crippen MR) is 40.9 cm³/mol. The molecule has 0 aromatic carbocycles. The first-order valence-electron chi connectivity index (χ1n) is 3.00. The van der Waals surface area contributed by atoms with Crippen LogP contribution in [0.3, 0.4) is 0 Å². The van der Waals surface area contributed by atoms with E-state index < -0.39 is 0 Å². The number of nitrogens with two attached hydrogens (primary N) is 1. The van der Waals surface area contributed by atoms with Crippen LogP contribution in [0.1, 0.15) is 10.5 Å². The van der Waals surface area contributed by atoms with Crippen LogP contribution in [-0.2, 0) is 0 Å². The molecule has 1 aromatic rings. The highest BCUT2D eigenvalue weighted by Gasteiger charge is 2.01. The van der Waals surface area contributed by atoms with E-state index in [4.69, 9.17) is 5.84 Å². The highest BCUT2D eigenvalue weighted by Crippen LogP contribution is 1.91. The molecule has 0 aliphatic carbocycles. The van der Waals surface area contributed by atoms with Crippen molar-refractivity contribution in [2.45, 2.75) is 0 Å². The quantitative estimate of drug-likeness (QED) is 0.234. The number of hydrogen-bond acceptors (Lipinski definition) is 3. The molecule has 1 aromatic heterocycles. The summed E-state index contributed by atoms with van der Waals surface area (Å²) in [6.07, 6.45) is 2.79. The maximum absolute atomic E-state index is 11.0. The molecule has 0 radical (unpaired) electrons. The van der Waals surface area contributed by atoms with Crippen LogP contribution in [0.5, 0.6) is 0 Å². The number of hydrazone groups is 1. The lowest BCUT2D eigenvalue weighted by Crippen LogP contribution is -2.22. The highest BCUT2D eigenvalue weighted by molar-refractivity contribution is 5.99. The molecular formula is C6H8N4O. The molecule has 1 heterocycles. The number of amides is 1. The van der Waals surface area contributed by atoms with Gasteiger partial charge >= 0.3 is 0 Å². The molecule has 1 amide bonds. The summed E-state index contributed by atoms with van der Waals surface area (Å²) in [6.45, 7) is 0. The molecule has 0 saturated carbocycles. The van der Waals surface area contributed by atoms with E-state index in [1.165, 1.54) is 0 Å². The summed E-state index contributed by atoms with van der Waals surface area (Å²) >= 11 is 0. The number of carbonyl (C=O) groups excluding carboxylic acids is 1. The third kappa shape index (κ3) is 1.82. The first kappa shape index (κ1) is 7.33. The molecule has 5 nitrogen and oxygen atoms in total. The van der Waals surface area contributed by atoms with E-state index in [0.717, 1.165) is 6.34 Å². The molecule has 0 unspecified atom stereocenters. The third-order valence-electron chi connectivity index (χ3n) is 1.11. The maximum atomic E-state index is 11.0. The van der Waals surface area contributed by atoms with Crippen LogP contribution in [0.4, 0.5) is 0 Å². The Morgan fingerprint density at radius 2 is 2.64 bits per heavy atom. The van der Waals surface area contributed by atoms with E-state index in [9.17, 15) is 4.79 Å². The molecule has 4 N–H and O–H groups in total. The second-order valence-electron chi connectivity index (χ2n) is 1.84. The van der Waals surface area contributed by atoms with Crippen LogP contribution in [0.2, 0.25) is 0 Å². The molecule has 0 saturated heterocycles. The minimum Gasteiger partial charge on any atom is -0.357 e. The fourth-order valence-electron chi connectivity index (χ4n) is 0.645. The van der Waals surface area contributed by atoms with Crippen molar-refractivity contribution in [1.82, 2.24) is 10.3 Å². The van der Waals surface area contributed by atoms with Gasteiger partial charge in [-0.1, -0.05) is 0 Å². The number of nitrogens with one attached hydrogen (secondary N) is 2. The normalized spacial score (nSPS) is 10.2. The van der Waals surface area contributed by atoms with Crippen molar-refractivity contribution in [2.24, 2.45) is 10.9 Å². The topological polar surface area (TPSA) is 83.3 Å². The van der Waals surface area contributed by atoms with Crippen molar-refractivity contribution in [1.29, 1.82) is 0 Å². The van der Waals surface area contributed by atoms with Gasteiger partial charge in [0.2, 0.25) is 0 Å². The van der Waals surface area contributed by atoms with Crippen molar-refractivity contribution < 1.29 is 4.79 Å². The van der Waals surface area contributed by atoms with Gasteiger partial charge in [0.15, 0.2) is 0 Å². The van der Waals surface area contributed by atoms with Crippen LogP contribution in [0.15, 0.2) is 23.4 Å². The third-order valence-corrected chi connectivity index (χ3v) is 1.11. The van der Waals surface area contributed by atoms with Gasteiger partial charge < -0.3 is 16.1 Å². The van der Waals surface area contributed by atoms with Gasteiger partial charge in [-0.15, -0.1) is 0 Å². The van der Waals surface area contributed by atoms with Gasteiger partial charge in [0.05, 0.1) is 0 Å². The van der Waals surface area contributed by atoms with Crippen LogP contribution >= 0.6 is 0 Å². The first-order chi connectivity index (χ1) is 5.34. The number of hydrogen-bond donors (Lipinski definition) is 3. The van der Waals surface area contributed by atoms with Crippen LogP contribution in [-0.4, -0.2) is 17.2 Å². The molecule has 1 rings (SSSR count). The molecule has 0 aliphatic heterocycles. The predicted octanol–water partition coefficient (Wildman–Crippen LogP) is -0.354. The lowest BCUT2D eigenvalue weighted by atomic mass is 10.4. The van der Waals surface area contributed by atoms with Crippen molar-refractivity contribution in [3.8, 4) is 0 Å². The smallest absolute Gasteiger partial charge is 0.272 e. The highest BCUT2D eigenvalue weighted by atomic mass is 16.1. The Labute approximate surface area is 63.3 Å². The summed E-state index contributed by atoms with van der Waals surface area (Å²) in [5.74, 6) is 4.51. The lowest BCUT2D eigenvalue weighted by molar-refractivity contribution is 0.0974. The molecule has 58 valence electrons. The SMILES string of the molecule is N/N=C/NC(=O)c1ccc[nH]1. The molecule has 0 bridgehead atoms. The number of rotatable bonds is 2. The zero-order chi connectivity index (χ0) is 8.10. The lowest BCUT2D eigenvalue weighted by Gasteiger charge is -1.93. The molecule has 0 atom stereocenters. The van der Waals surface area contributed by atoms with Gasteiger partial charge in [-0.05, 0) is 12.1 Å². The van der Waals surface area contributed by atoms with Gasteiger partial charge in [-0.3, -0.25) is 4.79 Å². The standard InChI is InChI=1S/C6H8N4O/c7-10-4-9-6(11)5-2-1-3-8-5/h1-4,8H,7H2,(H,9,10,11). The Morgan fingerprint density at radius 3 is 3.18 bits per heavy atom. The first-order valence-corrected chi connectivity index (χ1v) is 3.00. The van der Waals surface area contributed by atoms with Crippen molar-refractivity contribution in [2.75, 3.05) is 0 Å². The fraction of sp³-hybridized carbons (Fsp3) is 0. The number of aromatic amines is 1. The Balaban J connectivity index is 2.56. The van der Waals surface area contributed by atoms with Crippen LogP contribution < -0.4 is 11.2 Å². The Bertz CT molecular complexity index is 252. The summed E-state index contributed by atoms with van der Waals surface area (Å²) in [6, 6.07) is 3.38. The summed E-state index contributed by atoms with van der Waals surface area (Å²) in [5, 5.41) is 5.46. The summed E-state index contributed by atoms with van der Waals surface area (Å²) in [4.78, 5) is 13.7. The van der Waals surface area contributed by atoms with Gasteiger partial charge in [-0.25, -0.2) is 0 Å². The molecule has 0 fully saturated rings. The second kappa shape index (κ2) is 3.40. The summed E-state index contributed by atoms with van der Waals surface area (Å²) in [5.41, 5.74) is 0.477. The Hall–Kier alpha value is -1.78. The average molecular weight is 152 g/mol. The minimum atomic E-state index is -0.260. The van der Waals surface area contributed by atoms with Crippen molar-refractivity contribution >= 4 is 12.2 Å². The van der Waals surface area contributed by atoms with E-state index >= 15 is 0 Å². The molecule has 11 heavy (non-hydrogen) atoms. The maximum Gasteiger partial charge on any atom is 0.272 e. The second-order valence-corrected chi connectivity index (χ2v) is 1.84. The Morgan fingerprint density at radius 1 is 1.82 bits per heavy atom. The van der Waals surface area contributed by atoms with Crippen molar-refractivity contribution in [3.63, 3.8) is 0 Å². The van der Waals surface area contributed by atoms with E-state index in [1.54, 1.807) is 18.3 Å². The van der Waals surface area contributed by atoms with Crippen molar-refractivity contribution in [3.05, 3.63) is 24.0 Å². The van der Waals surface area contributed by atoms with E-state index in [2.05, 4.69) is 15.4 Å². The largest absolute Gasteiger partial charge is 0.357 e. The van der Waals surface area contributed by atoms with Crippen LogP contribution in [0, 0.1) is 0 Å². The van der Waals surface area contributed by atoms with E-state index in [1.807, 2.05) is 0 Å². The van der Waals surface area contributed by atoms with E-state index in [-0.39, 0.29) is 5.91 Å². The van der Waals surface area contributed by atoms with Gasteiger partial charge in [-0.2, -0.15) is 5.10 Å². The van der Waals surface area contributed by atoms with Crippen LogP contribution in [0.25, 0.3) is 0 Å². The zero-order valence-corrected chi connectivity index (χ0v) is 5.74. The van der Waals surface area contributed by atoms with Gasteiger partial charge in [0.1, 0.15) is 12.0 Å². The van der Waals surface area contributed by atoms with Gasteiger partial charge in [0.25, 0.3) is 5.91 Å². The van der Waals surface area contributed by atoms with Gasteiger partial charge in [0, 0.05) is 6.20 Å². The number of nitrogens with zero attached hydrogens (tertiary/aromatic N) is 1. The summed E-state index contributed by atoms with van der Waals surface area (Å²) < 4.78 is 0. The number of H-pyrrole nitrogens is 1. The summed E-state index contributed by atoms with van der Waals surface area (Å²) in [7, 11) is 0. The number of aromatic nitrogens is 1. The Kier molecular flexibility index (Phi) is 2.27. The minimum absolute atomic E-state index is 0.260.